The number of ether oxygens (including phenoxy) is 1. The van der Waals surface area contributed by atoms with Crippen LogP contribution in [-0.4, -0.2) is 24.9 Å². The second-order valence-corrected chi connectivity index (χ2v) is 5.10. The van der Waals surface area contributed by atoms with Crippen molar-refractivity contribution in [2.45, 2.75) is 6.42 Å². The number of anilines is 1. The molecule has 5 heteroatoms. The molecule has 1 aromatic rings. The van der Waals surface area contributed by atoms with Gasteiger partial charge in [-0.25, -0.2) is 0 Å². The predicted octanol–water partition coefficient (Wildman–Crippen LogP) is 3.10. The van der Waals surface area contributed by atoms with Crippen molar-refractivity contribution in [2.24, 2.45) is 5.92 Å². The molecule has 1 atom stereocenters. The minimum Gasteiger partial charge on any atom is -0.497 e. The number of hydrogen-bond donors (Lipinski definition) is 0. The number of amides is 1. The SMILES string of the molecule is COc1ccc(N2CC(CBr)CC2=O)c(Cl)c1. The lowest BCUT2D eigenvalue weighted by atomic mass is 10.2. The molecule has 1 fully saturated rings. The van der Waals surface area contributed by atoms with Gasteiger partial charge in [0.25, 0.3) is 0 Å². The van der Waals surface area contributed by atoms with E-state index >= 15 is 0 Å². The van der Waals surface area contributed by atoms with Crippen molar-refractivity contribution in [1.29, 1.82) is 0 Å². The molecule has 1 aromatic carbocycles. The van der Waals surface area contributed by atoms with Crippen molar-refractivity contribution in [3.05, 3.63) is 23.2 Å². The number of methoxy groups -OCH3 is 1. The zero-order chi connectivity index (χ0) is 12.4. The van der Waals surface area contributed by atoms with E-state index in [-0.39, 0.29) is 5.91 Å². The van der Waals surface area contributed by atoms with Gasteiger partial charge in [-0.1, -0.05) is 27.5 Å². The second-order valence-electron chi connectivity index (χ2n) is 4.05. The zero-order valence-electron chi connectivity index (χ0n) is 9.45. The van der Waals surface area contributed by atoms with Crippen molar-refractivity contribution in [3.8, 4) is 5.75 Å². The number of rotatable bonds is 3. The monoisotopic (exact) mass is 317 g/mol. The molecule has 0 spiro atoms. The Morgan fingerprint density at radius 2 is 2.35 bits per heavy atom. The molecule has 92 valence electrons. The maximum Gasteiger partial charge on any atom is 0.227 e. The normalized spacial score (nSPS) is 19.8. The number of benzene rings is 1. The summed E-state index contributed by atoms with van der Waals surface area (Å²) in [4.78, 5) is 13.6. The van der Waals surface area contributed by atoms with Crippen LogP contribution in [0.3, 0.4) is 0 Å². The lowest BCUT2D eigenvalue weighted by Gasteiger charge is -2.18. The zero-order valence-corrected chi connectivity index (χ0v) is 11.8. The van der Waals surface area contributed by atoms with Crippen LogP contribution in [0.2, 0.25) is 5.02 Å². The van der Waals surface area contributed by atoms with Crippen LogP contribution in [0.4, 0.5) is 5.69 Å². The molecule has 0 aromatic heterocycles. The fourth-order valence-corrected chi connectivity index (χ4v) is 2.66. The third-order valence-corrected chi connectivity index (χ3v) is 4.09. The maximum absolute atomic E-state index is 11.9. The van der Waals surface area contributed by atoms with Crippen LogP contribution in [0.1, 0.15) is 6.42 Å². The van der Waals surface area contributed by atoms with Gasteiger partial charge in [-0.2, -0.15) is 0 Å². The van der Waals surface area contributed by atoms with Gasteiger partial charge in [-0.15, -0.1) is 0 Å². The van der Waals surface area contributed by atoms with Gasteiger partial charge >= 0.3 is 0 Å². The molecule has 0 saturated carbocycles. The summed E-state index contributed by atoms with van der Waals surface area (Å²) in [7, 11) is 1.59. The van der Waals surface area contributed by atoms with E-state index in [1.54, 1.807) is 18.1 Å². The molecule has 1 amide bonds. The van der Waals surface area contributed by atoms with Crippen LogP contribution in [0.15, 0.2) is 18.2 Å². The molecule has 3 nitrogen and oxygen atoms in total. The number of hydrogen-bond acceptors (Lipinski definition) is 2. The summed E-state index contributed by atoms with van der Waals surface area (Å²) in [6.07, 6.45) is 0.577. The lowest BCUT2D eigenvalue weighted by Crippen LogP contribution is -2.24. The Kier molecular flexibility index (Phi) is 3.94. The second kappa shape index (κ2) is 5.27. The quantitative estimate of drug-likeness (QED) is 0.802. The first-order chi connectivity index (χ1) is 8.15. The standard InChI is InChI=1S/C12H13BrClNO2/c1-17-9-2-3-11(10(14)5-9)15-7-8(6-13)4-12(15)16/h2-3,5,8H,4,6-7H2,1H3. The fourth-order valence-electron chi connectivity index (χ4n) is 1.95. The summed E-state index contributed by atoms with van der Waals surface area (Å²) < 4.78 is 5.09. The Morgan fingerprint density at radius 3 is 2.88 bits per heavy atom. The Morgan fingerprint density at radius 1 is 1.59 bits per heavy atom. The van der Waals surface area contributed by atoms with Gasteiger partial charge in [-0.3, -0.25) is 4.79 Å². The highest BCUT2D eigenvalue weighted by molar-refractivity contribution is 9.09. The Labute approximate surface area is 114 Å². The molecule has 1 aliphatic rings. The van der Waals surface area contributed by atoms with E-state index in [1.807, 2.05) is 12.1 Å². The minimum atomic E-state index is 0.126. The van der Waals surface area contributed by atoms with Crippen molar-refractivity contribution in [1.82, 2.24) is 0 Å². The third kappa shape index (κ3) is 2.58. The number of alkyl halides is 1. The first-order valence-corrected chi connectivity index (χ1v) is 6.85. The molecule has 0 bridgehead atoms. The van der Waals surface area contributed by atoms with E-state index in [0.717, 1.165) is 17.6 Å². The summed E-state index contributed by atoms with van der Waals surface area (Å²) in [5, 5.41) is 1.39. The van der Waals surface area contributed by atoms with Gasteiger partial charge in [-0.05, 0) is 18.1 Å². The molecule has 1 saturated heterocycles. The number of nitrogens with zero attached hydrogens (tertiary/aromatic N) is 1. The van der Waals surface area contributed by atoms with Crippen LogP contribution >= 0.6 is 27.5 Å². The van der Waals surface area contributed by atoms with Gasteiger partial charge in [0.1, 0.15) is 5.75 Å². The van der Waals surface area contributed by atoms with Gasteiger partial charge in [0.15, 0.2) is 0 Å². The highest BCUT2D eigenvalue weighted by atomic mass is 79.9. The van der Waals surface area contributed by atoms with E-state index in [9.17, 15) is 4.79 Å². The number of halogens is 2. The summed E-state index contributed by atoms with van der Waals surface area (Å²) >= 11 is 9.57. The highest BCUT2D eigenvalue weighted by Crippen LogP contribution is 2.34. The summed E-state index contributed by atoms with van der Waals surface area (Å²) in [6, 6.07) is 5.37. The van der Waals surface area contributed by atoms with E-state index in [2.05, 4.69) is 15.9 Å². The topological polar surface area (TPSA) is 29.5 Å². The van der Waals surface area contributed by atoms with Crippen LogP contribution in [0, 0.1) is 5.92 Å². The van der Waals surface area contributed by atoms with Gasteiger partial charge in [0, 0.05) is 24.4 Å². The molecular formula is C12H13BrClNO2. The summed E-state index contributed by atoms with van der Waals surface area (Å²) in [5.41, 5.74) is 0.765. The van der Waals surface area contributed by atoms with E-state index in [0.29, 0.717) is 23.1 Å². The van der Waals surface area contributed by atoms with Crippen molar-refractivity contribution < 1.29 is 9.53 Å². The van der Waals surface area contributed by atoms with Crippen LogP contribution < -0.4 is 9.64 Å². The predicted molar refractivity (Wildman–Crippen MR) is 72.3 cm³/mol. The number of carbonyl (C=O) groups excluding carboxylic acids is 1. The molecular weight excluding hydrogens is 305 g/mol. The molecule has 0 aliphatic carbocycles. The highest BCUT2D eigenvalue weighted by Gasteiger charge is 2.30. The Bertz CT molecular complexity index is 439. The van der Waals surface area contributed by atoms with Crippen LogP contribution in [0.25, 0.3) is 0 Å². The molecule has 0 N–H and O–H groups in total. The molecule has 1 aliphatic heterocycles. The fraction of sp³-hybridized carbons (Fsp3) is 0.417. The minimum absolute atomic E-state index is 0.126. The summed E-state index contributed by atoms with van der Waals surface area (Å²) in [5.74, 6) is 1.18. The van der Waals surface area contributed by atoms with Gasteiger partial charge in [0.2, 0.25) is 5.91 Å². The van der Waals surface area contributed by atoms with Crippen LogP contribution in [0.5, 0.6) is 5.75 Å². The van der Waals surface area contributed by atoms with E-state index in [4.69, 9.17) is 16.3 Å². The van der Waals surface area contributed by atoms with E-state index < -0.39 is 0 Å². The van der Waals surface area contributed by atoms with E-state index in [1.165, 1.54) is 0 Å². The van der Waals surface area contributed by atoms with Crippen LogP contribution in [-0.2, 0) is 4.79 Å². The molecule has 0 radical (unpaired) electrons. The van der Waals surface area contributed by atoms with Gasteiger partial charge < -0.3 is 9.64 Å². The third-order valence-electron chi connectivity index (χ3n) is 2.87. The van der Waals surface area contributed by atoms with Crippen molar-refractivity contribution in [3.63, 3.8) is 0 Å². The first-order valence-electron chi connectivity index (χ1n) is 5.35. The smallest absolute Gasteiger partial charge is 0.227 e. The molecule has 17 heavy (non-hydrogen) atoms. The van der Waals surface area contributed by atoms with Gasteiger partial charge in [0.05, 0.1) is 17.8 Å². The lowest BCUT2D eigenvalue weighted by molar-refractivity contribution is -0.117. The average molecular weight is 319 g/mol. The number of carbonyl (C=O) groups is 1. The maximum atomic E-state index is 11.9. The van der Waals surface area contributed by atoms with Crippen molar-refractivity contribution >= 4 is 39.1 Å². The average Bonchev–Trinajstić information content (AvgIpc) is 2.70. The molecule has 1 heterocycles. The molecule has 2 rings (SSSR count). The Balaban J connectivity index is 2.26. The molecule has 1 unspecified atom stereocenters. The Hall–Kier alpha value is -0.740. The summed E-state index contributed by atoms with van der Waals surface area (Å²) in [6.45, 7) is 0.718. The van der Waals surface area contributed by atoms with Crippen molar-refractivity contribution in [2.75, 3.05) is 23.9 Å². The first kappa shape index (κ1) is 12.7. The largest absolute Gasteiger partial charge is 0.497 e.